The normalized spacial score (nSPS) is 14.9. The minimum atomic E-state index is -0.323. The molecular formula is C22H24N4O2. The summed E-state index contributed by atoms with van der Waals surface area (Å²) >= 11 is 0. The number of nitrogens with one attached hydrogen (secondary N) is 1. The molecule has 4 rings (SSSR count). The van der Waals surface area contributed by atoms with Crippen molar-refractivity contribution in [1.29, 1.82) is 0 Å². The first-order chi connectivity index (χ1) is 13.7. The summed E-state index contributed by atoms with van der Waals surface area (Å²) in [7, 11) is 0. The zero-order valence-corrected chi connectivity index (χ0v) is 15.8. The van der Waals surface area contributed by atoms with Gasteiger partial charge in [-0.05, 0) is 48.9 Å². The van der Waals surface area contributed by atoms with Crippen molar-refractivity contribution in [3.63, 3.8) is 0 Å². The maximum absolute atomic E-state index is 12.5. The fourth-order valence-electron chi connectivity index (χ4n) is 3.74. The quantitative estimate of drug-likeness (QED) is 0.744. The van der Waals surface area contributed by atoms with Gasteiger partial charge in [-0.3, -0.25) is 9.59 Å². The van der Waals surface area contributed by atoms with Gasteiger partial charge in [0.1, 0.15) is 0 Å². The Balaban J connectivity index is 1.25. The first-order valence-electron chi connectivity index (χ1n) is 9.73. The number of fused-ring (bicyclic) bond motifs is 1. The van der Waals surface area contributed by atoms with Crippen LogP contribution < -0.4 is 5.32 Å². The number of carbonyl (C=O) groups excluding carboxylic acids is 2. The molecule has 6 heteroatoms. The second-order valence-electron chi connectivity index (χ2n) is 7.30. The minimum Gasteiger partial charge on any atom is -0.342 e. The average molecular weight is 376 g/mol. The summed E-state index contributed by atoms with van der Waals surface area (Å²) in [5.41, 5.74) is 2.52. The van der Waals surface area contributed by atoms with Crippen molar-refractivity contribution in [2.24, 2.45) is 5.92 Å². The van der Waals surface area contributed by atoms with Gasteiger partial charge in [0.25, 0.3) is 5.91 Å². The van der Waals surface area contributed by atoms with Crippen molar-refractivity contribution in [1.82, 2.24) is 19.8 Å². The largest absolute Gasteiger partial charge is 0.342 e. The average Bonchev–Trinajstić information content (AvgIpc) is 3.17. The fourth-order valence-corrected chi connectivity index (χ4v) is 3.74. The van der Waals surface area contributed by atoms with Crippen LogP contribution in [0.25, 0.3) is 5.52 Å². The van der Waals surface area contributed by atoms with Crippen LogP contribution in [0.15, 0.2) is 60.8 Å². The maximum atomic E-state index is 12.5. The Morgan fingerprint density at radius 3 is 2.54 bits per heavy atom. The number of piperidine rings is 1. The summed E-state index contributed by atoms with van der Waals surface area (Å²) in [6, 6.07) is 17.8. The molecule has 2 amide bonds. The zero-order chi connectivity index (χ0) is 19.3. The molecule has 1 aliphatic rings. The van der Waals surface area contributed by atoms with Gasteiger partial charge in [-0.25, -0.2) is 4.52 Å². The molecule has 0 aliphatic carbocycles. The number of likely N-dealkylation sites (tertiary alicyclic amines) is 1. The Labute approximate surface area is 164 Å². The highest BCUT2D eigenvalue weighted by molar-refractivity contribution is 5.95. The molecule has 0 unspecified atom stereocenters. The van der Waals surface area contributed by atoms with E-state index in [-0.39, 0.29) is 18.4 Å². The molecule has 1 aromatic carbocycles. The highest BCUT2D eigenvalue weighted by Crippen LogP contribution is 2.21. The monoisotopic (exact) mass is 376 g/mol. The van der Waals surface area contributed by atoms with Crippen LogP contribution in [0.3, 0.4) is 0 Å². The number of hydrogen-bond donors (Lipinski definition) is 1. The van der Waals surface area contributed by atoms with E-state index >= 15 is 0 Å². The predicted octanol–water partition coefficient (Wildman–Crippen LogP) is 2.55. The van der Waals surface area contributed by atoms with Gasteiger partial charge in [0.2, 0.25) is 5.91 Å². The topological polar surface area (TPSA) is 66.7 Å². The summed E-state index contributed by atoms with van der Waals surface area (Å²) in [6.45, 7) is 1.51. The molecule has 1 fully saturated rings. The standard InChI is InChI=1S/C22H24N4O2/c27-21(16-23-22(28)20-15-19-8-4-5-11-26(19)24-20)25-12-9-18(10-13-25)14-17-6-2-1-3-7-17/h1-8,11,15,18H,9-10,12-14,16H2,(H,23,28). The summed E-state index contributed by atoms with van der Waals surface area (Å²) in [5.74, 6) is 0.255. The number of pyridine rings is 1. The Bertz CT molecular complexity index is 926. The minimum absolute atomic E-state index is 0.00998. The van der Waals surface area contributed by atoms with Crippen LogP contribution in [0.2, 0.25) is 0 Å². The third-order valence-electron chi connectivity index (χ3n) is 5.34. The number of benzene rings is 1. The number of carbonyl (C=O) groups is 2. The molecule has 6 nitrogen and oxygen atoms in total. The van der Waals surface area contributed by atoms with Gasteiger partial charge in [0, 0.05) is 19.3 Å². The second-order valence-corrected chi connectivity index (χ2v) is 7.30. The van der Waals surface area contributed by atoms with Gasteiger partial charge in [0.15, 0.2) is 5.69 Å². The predicted molar refractivity (Wildman–Crippen MR) is 107 cm³/mol. The number of hydrogen-bond acceptors (Lipinski definition) is 3. The second kappa shape index (κ2) is 8.25. The number of amides is 2. The highest BCUT2D eigenvalue weighted by Gasteiger charge is 2.23. The van der Waals surface area contributed by atoms with Gasteiger partial charge < -0.3 is 10.2 Å². The van der Waals surface area contributed by atoms with Crippen molar-refractivity contribution >= 4 is 17.3 Å². The van der Waals surface area contributed by atoms with E-state index in [0.717, 1.165) is 37.9 Å². The molecule has 3 aromatic rings. The molecule has 1 saturated heterocycles. The Kier molecular flexibility index (Phi) is 5.37. The van der Waals surface area contributed by atoms with E-state index in [1.165, 1.54) is 5.56 Å². The zero-order valence-electron chi connectivity index (χ0n) is 15.8. The number of nitrogens with zero attached hydrogens (tertiary/aromatic N) is 3. The molecule has 2 aromatic heterocycles. The maximum Gasteiger partial charge on any atom is 0.272 e. The Hall–Kier alpha value is -3.15. The molecule has 0 saturated carbocycles. The van der Waals surface area contributed by atoms with Crippen LogP contribution in [0.1, 0.15) is 28.9 Å². The van der Waals surface area contributed by atoms with E-state index < -0.39 is 0 Å². The molecule has 144 valence electrons. The lowest BCUT2D eigenvalue weighted by molar-refractivity contribution is -0.131. The third-order valence-corrected chi connectivity index (χ3v) is 5.34. The van der Waals surface area contributed by atoms with Gasteiger partial charge in [0.05, 0.1) is 12.1 Å². The van der Waals surface area contributed by atoms with E-state index in [2.05, 4.69) is 34.7 Å². The van der Waals surface area contributed by atoms with Gasteiger partial charge >= 0.3 is 0 Å². The summed E-state index contributed by atoms with van der Waals surface area (Å²) in [5, 5.41) is 6.93. The molecule has 3 heterocycles. The van der Waals surface area contributed by atoms with Crippen molar-refractivity contribution in [2.75, 3.05) is 19.6 Å². The van der Waals surface area contributed by atoms with Crippen molar-refractivity contribution in [2.45, 2.75) is 19.3 Å². The molecule has 0 bridgehead atoms. The lowest BCUT2D eigenvalue weighted by Crippen LogP contribution is -2.44. The van der Waals surface area contributed by atoms with E-state index in [1.807, 2.05) is 29.2 Å². The Morgan fingerprint density at radius 1 is 1.04 bits per heavy atom. The molecule has 0 spiro atoms. The molecule has 28 heavy (non-hydrogen) atoms. The van der Waals surface area contributed by atoms with Crippen LogP contribution in [0.5, 0.6) is 0 Å². The van der Waals surface area contributed by atoms with Crippen molar-refractivity contribution in [3.05, 3.63) is 72.1 Å². The number of aromatic nitrogens is 2. The first-order valence-corrected chi connectivity index (χ1v) is 9.73. The summed E-state index contributed by atoms with van der Waals surface area (Å²) in [4.78, 5) is 26.6. The van der Waals surface area contributed by atoms with E-state index in [0.29, 0.717) is 11.6 Å². The van der Waals surface area contributed by atoms with Crippen LogP contribution in [0.4, 0.5) is 0 Å². The summed E-state index contributed by atoms with van der Waals surface area (Å²) < 4.78 is 1.65. The molecule has 0 radical (unpaired) electrons. The fraction of sp³-hybridized carbons (Fsp3) is 0.318. The Morgan fingerprint density at radius 2 is 1.79 bits per heavy atom. The van der Waals surface area contributed by atoms with Gasteiger partial charge in [-0.1, -0.05) is 36.4 Å². The first kappa shape index (κ1) is 18.2. The van der Waals surface area contributed by atoms with E-state index in [4.69, 9.17) is 0 Å². The van der Waals surface area contributed by atoms with E-state index in [1.54, 1.807) is 16.8 Å². The van der Waals surface area contributed by atoms with Gasteiger partial charge in [-0.15, -0.1) is 0 Å². The van der Waals surface area contributed by atoms with Crippen LogP contribution in [0, 0.1) is 5.92 Å². The summed E-state index contributed by atoms with van der Waals surface area (Å²) in [6.07, 6.45) is 4.85. The van der Waals surface area contributed by atoms with E-state index in [9.17, 15) is 9.59 Å². The van der Waals surface area contributed by atoms with Crippen LogP contribution >= 0.6 is 0 Å². The van der Waals surface area contributed by atoms with Crippen molar-refractivity contribution in [3.8, 4) is 0 Å². The molecule has 1 N–H and O–H groups in total. The van der Waals surface area contributed by atoms with Crippen LogP contribution in [-0.4, -0.2) is 46.0 Å². The lowest BCUT2D eigenvalue weighted by Gasteiger charge is -2.32. The molecule has 1 aliphatic heterocycles. The molecular weight excluding hydrogens is 352 g/mol. The molecule has 0 atom stereocenters. The van der Waals surface area contributed by atoms with Crippen molar-refractivity contribution < 1.29 is 9.59 Å². The lowest BCUT2D eigenvalue weighted by atomic mass is 9.90. The highest BCUT2D eigenvalue weighted by atomic mass is 16.2. The van der Waals surface area contributed by atoms with Gasteiger partial charge in [-0.2, -0.15) is 5.10 Å². The number of rotatable bonds is 5. The third kappa shape index (κ3) is 4.22. The smallest absolute Gasteiger partial charge is 0.272 e. The SMILES string of the molecule is O=C(NCC(=O)N1CCC(Cc2ccccc2)CC1)c1cc2ccccn2n1. The van der Waals surface area contributed by atoms with Crippen LogP contribution in [-0.2, 0) is 11.2 Å².